The average molecular weight is 356 g/mol. The molecule has 0 aromatic heterocycles. The van der Waals surface area contributed by atoms with E-state index in [0.29, 0.717) is 12.6 Å². The van der Waals surface area contributed by atoms with Crippen molar-refractivity contribution in [3.8, 4) is 0 Å². The van der Waals surface area contributed by atoms with E-state index >= 15 is 0 Å². The van der Waals surface area contributed by atoms with Crippen molar-refractivity contribution < 1.29 is 4.79 Å². The van der Waals surface area contributed by atoms with Crippen LogP contribution in [-0.2, 0) is 11.3 Å². The number of anilines is 2. The lowest BCUT2D eigenvalue weighted by atomic mass is 10.1. The molecule has 1 heterocycles. The number of thioether (sulfide) groups is 1. The zero-order valence-electron chi connectivity index (χ0n) is 15.0. The lowest BCUT2D eigenvalue weighted by Crippen LogP contribution is -2.42. The molecule has 0 unspecified atom stereocenters. The third-order valence-corrected chi connectivity index (χ3v) is 5.36. The van der Waals surface area contributed by atoms with Crippen LogP contribution in [-0.4, -0.2) is 43.2 Å². The molecule has 1 aliphatic rings. The summed E-state index contributed by atoms with van der Waals surface area (Å²) in [5.74, 6) is 0.0344. The number of rotatable bonds is 4. The van der Waals surface area contributed by atoms with Crippen LogP contribution in [0.4, 0.5) is 11.4 Å². The molecule has 0 radical (unpaired) electrons. The maximum absolute atomic E-state index is 12.6. The van der Waals surface area contributed by atoms with Gasteiger partial charge in [0.2, 0.25) is 5.91 Å². The summed E-state index contributed by atoms with van der Waals surface area (Å²) in [6.07, 6.45) is 2.04. The Kier molecular flexibility index (Phi) is 5.66. The number of amides is 1. The van der Waals surface area contributed by atoms with Crippen molar-refractivity contribution in [3.05, 3.63) is 54.1 Å². The molecule has 25 heavy (non-hydrogen) atoms. The number of fused-ring (bicyclic) bond motifs is 1. The van der Waals surface area contributed by atoms with Crippen molar-refractivity contribution in [3.63, 3.8) is 0 Å². The number of para-hydroxylation sites is 1. The molecule has 1 aliphatic heterocycles. The number of nitrogens with one attached hydrogen (secondary N) is 1. The number of hydrogen-bond donors (Lipinski definition) is 1. The van der Waals surface area contributed by atoms with E-state index in [1.54, 1.807) is 11.8 Å². The molecular formula is C20H25N3OS. The predicted octanol–water partition coefficient (Wildman–Crippen LogP) is 3.69. The second-order valence-corrected chi connectivity index (χ2v) is 7.42. The zero-order valence-corrected chi connectivity index (χ0v) is 15.8. The molecule has 1 amide bonds. The molecule has 3 rings (SSSR count). The van der Waals surface area contributed by atoms with E-state index in [4.69, 9.17) is 0 Å². The van der Waals surface area contributed by atoms with Gasteiger partial charge in [-0.1, -0.05) is 24.3 Å². The first-order chi connectivity index (χ1) is 12.1. The zero-order chi connectivity index (χ0) is 17.8. The Bertz CT molecular complexity index is 749. The molecule has 0 bridgehead atoms. The highest BCUT2D eigenvalue weighted by Gasteiger charge is 2.24. The highest BCUT2D eigenvalue weighted by Crippen LogP contribution is 2.26. The summed E-state index contributed by atoms with van der Waals surface area (Å²) in [4.78, 5) is 18.2. The fraction of sp³-hybridized carbons (Fsp3) is 0.350. The lowest BCUT2D eigenvalue weighted by Gasteiger charge is -2.27. The SMILES string of the molecule is CSc1cccc(NC(=O)CN2Cc3ccccc3N(C)C[C@@H]2C)c1. The number of likely N-dealkylation sites (N-methyl/N-ethyl adjacent to an activating group) is 1. The van der Waals surface area contributed by atoms with Gasteiger partial charge in [0.15, 0.2) is 0 Å². The molecule has 2 aromatic carbocycles. The van der Waals surface area contributed by atoms with Crippen LogP contribution in [0.2, 0.25) is 0 Å². The smallest absolute Gasteiger partial charge is 0.238 e. The van der Waals surface area contributed by atoms with Gasteiger partial charge in [-0.15, -0.1) is 11.8 Å². The summed E-state index contributed by atoms with van der Waals surface area (Å²) < 4.78 is 0. The van der Waals surface area contributed by atoms with E-state index < -0.39 is 0 Å². The Morgan fingerprint density at radius 3 is 2.84 bits per heavy atom. The topological polar surface area (TPSA) is 35.6 Å². The van der Waals surface area contributed by atoms with Crippen LogP contribution in [0.15, 0.2) is 53.4 Å². The maximum Gasteiger partial charge on any atom is 0.238 e. The molecule has 0 saturated heterocycles. The monoisotopic (exact) mass is 355 g/mol. The van der Waals surface area contributed by atoms with Gasteiger partial charge in [-0.2, -0.15) is 0 Å². The van der Waals surface area contributed by atoms with E-state index in [1.807, 2.05) is 30.5 Å². The minimum absolute atomic E-state index is 0.0344. The van der Waals surface area contributed by atoms with Gasteiger partial charge in [-0.3, -0.25) is 9.69 Å². The van der Waals surface area contributed by atoms with Gasteiger partial charge in [0, 0.05) is 42.4 Å². The first-order valence-corrected chi connectivity index (χ1v) is 9.76. The van der Waals surface area contributed by atoms with Gasteiger partial charge in [0.25, 0.3) is 0 Å². The normalized spacial score (nSPS) is 17.7. The number of carbonyl (C=O) groups excluding carboxylic acids is 1. The molecule has 0 saturated carbocycles. The summed E-state index contributed by atoms with van der Waals surface area (Å²) in [5, 5.41) is 3.03. The summed E-state index contributed by atoms with van der Waals surface area (Å²) in [5.41, 5.74) is 3.38. The van der Waals surface area contributed by atoms with Crippen molar-refractivity contribution in [1.82, 2.24) is 4.90 Å². The van der Waals surface area contributed by atoms with Crippen LogP contribution in [0.25, 0.3) is 0 Å². The third kappa shape index (κ3) is 4.35. The van der Waals surface area contributed by atoms with Crippen molar-refractivity contribution in [2.24, 2.45) is 0 Å². The molecule has 0 spiro atoms. The van der Waals surface area contributed by atoms with E-state index in [1.165, 1.54) is 11.3 Å². The Labute approximate surface area is 154 Å². The first-order valence-electron chi connectivity index (χ1n) is 8.54. The molecule has 5 heteroatoms. The molecular weight excluding hydrogens is 330 g/mol. The summed E-state index contributed by atoms with van der Waals surface area (Å²) in [6, 6.07) is 16.7. The molecule has 0 aliphatic carbocycles. The van der Waals surface area contributed by atoms with Gasteiger partial charge in [0.1, 0.15) is 0 Å². The fourth-order valence-corrected chi connectivity index (χ4v) is 3.76. The van der Waals surface area contributed by atoms with Gasteiger partial charge in [-0.05, 0) is 43.0 Å². The summed E-state index contributed by atoms with van der Waals surface area (Å²) >= 11 is 1.67. The predicted molar refractivity (Wildman–Crippen MR) is 106 cm³/mol. The minimum Gasteiger partial charge on any atom is -0.373 e. The van der Waals surface area contributed by atoms with E-state index in [2.05, 4.69) is 53.4 Å². The highest BCUT2D eigenvalue weighted by atomic mass is 32.2. The Hall–Kier alpha value is -1.98. The van der Waals surface area contributed by atoms with Crippen molar-refractivity contribution in [2.75, 3.05) is 36.6 Å². The number of hydrogen-bond acceptors (Lipinski definition) is 4. The summed E-state index contributed by atoms with van der Waals surface area (Å²) in [6.45, 7) is 4.28. The molecule has 2 aromatic rings. The van der Waals surface area contributed by atoms with Crippen LogP contribution >= 0.6 is 11.8 Å². The second-order valence-electron chi connectivity index (χ2n) is 6.54. The third-order valence-electron chi connectivity index (χ3n) is 4.64. The van der Waals surface area contributed by atoms with E-state index in [-0.39, 0.29) is 5.91 Å². The average Bonchev–Trinajstić information content (AvgIpc) is 2.72. The summed E-state index contributed by atoms with van der Waals surface area (Å²) in [7, 11) is 2.12. The van der Waals surface area contributed by atoms with E-state index in [9.17, 15) is 4.79 Å². The molecule has 0 fully saturated rings. The van der Waals surface area contributed by atoms with E-state index in [0.717, 1.165) is 23.7 Å². The number of nitrogens with zero attached hydrogens (tertiary/aromatic N) is 2. The first kappa shape index (κ1) is 17.8. The van der Waals surface area contributed by atoms with Crippen LogP contribution in [0.3, 0.4) is 0 Å². The quantitative estimate of drug-likeness (QED) is 0.849. The maximum atomic E-state index is 12.6. The van der Waals surface area contributed by atoms with Crippen LogP contribution in [0.5, 0.6) is 0 Å². The Morgan fingerprint density at radius 2 is 2.04 bits per heavy atom. The van der Waals surface area contributed by atoms with Gasteiger partial charge >= 0.3 is 0 Å². The molecule has 132 valence electrons. The fourth-order valence-electron chi connectivity index (χ4n) is 3.30. The highest BCUT2D eigenvalue weighted by molar-refractivity contribution is 7.98. The molecule has 1 atom stereocenters. The Balaban J connectivity index is 1.70. The molecule has 1 N–H and O–H groups in total. The number of benzene rings is 2. The van der Waals surface area contributed by atoms with Crippen molar-refractivity contribution in [1.29, 1.82) is 0 Å². The Morgan fingerprint density at radius 1 is 1.24 bits per heavy atom. The lowest BCUT2D eigenvalue weighted by molar-refractivity contribution is -0.117. The van der Waals surface area contributed by atoms with Gasteiger partial charge < -0.3 is 10.2 Å². The van der Waals surface area contributed by atoms with Crippen LogP contribution in [0.1, 0.15) is 12.5 Å². The van der Waals surface area contributed by atoms with Crippen LogP contribution < -0.4 is 10.2 Å². The van der Waals surface area contributed by atoms with Crippen molar-refractivity contribution >= 4 is 29.0 Å². The van der Waals surface area contributed by atoms with Gasteiger partial charge in [0.05, 0.1) is 6.54 Å². The second kappa shape index (κ2) is 7.93. The largest absolute Gasteiger partial charge is 0.373 e. The van der Waals surface area contributed by atoms with Gasteiger partial charge in [-0.25, -0.2) is 0 Å². The number of carbonyl (C=O) groups is 1. The standard InChI is InChI=1S/C20H25N3OS/c1-15-12-22(2)19-10-5-4-7-16(19)13-23(15)14-20(24)21-17-8-6-9-18(11-17)25-3/h4-11,15H,12-14H2,1-3H3,(H,21,24)/t15-/m0/s1. The minimum atomic E-state index is 0.0344. The van der Waals surface area contributed by atoms with Crippen LogP contribution in [0, 0.1) is 0 Å². The molecule has 4 nitrogen and oxygen atoms in total. The van der Waals surface area contributed by atoms with Crippen molar-refractivity contribution in [2.45, 2.75) is 24.4 Å².